The third kappa shape index (κ3) is 5.60. The van der Waals surface area contributed by atoms with Crippen molar-refractivity contribution in [3.8, 4) is 5.75 Å². The Kier molecular flexibility index (Phi) is 6.82. The van der Waals surface area contributed by atoms with E-state index in [-0.39, 0.29) is 19.1 Å². The van der Waals surface area contributed by atoms with Crippen LogP contribution in [-0.4, -0.2) is 55.7 Å². The molecule has 8 nitrogen and oxygen atoms in total. The van der Waals surface area contributed by atoms with E-state index in [4.69, 9.17) is 27.9 Å². The fraction of sp³-hybridized carbons (Fsp3) is 0.375. The van der Waals surface area contributed by atoms with Gasteiger partial charge in [-0.2, -0.15) is 15.0 Å². The molecule has 2 aromatic rings. The lowest BCUT2D eigenvalue weighted by Crippen LogP contribution is -2.30. The molecular weight excluding hydrogens is 379 g/mol. The average molecular weight is 399 g/mol. The van der Waals surface area contributed by atoms with Crippen molar-refractivity contribution in [2.75, 3.05) is 44.6 Å². The van der Waals surface area contributed by atoms with Crippen molar-refractivity contribution in [2.24, 2.45) is 0 Å². The van der Waals surface area contributed by atoms with Crippen LogP contribution in [0.3, 0.4) is 0 Å². The number of carbonyl (C=O) groups is 1. The predicted molar refractivity (Wildman–Crippen MR) is 102 cm³/mol. The summed E-state index contributed by atoms with van der Waals surface area (Å²) >= 11 is 11.8. The van der Waals surface area contributed by atoms with Gasteiger partial charge in [-0.3, -0.25) is 4.79 Å². The van der Waals surface area contributed by atoms with E-state index in [1.54, 1.807) is 28.0 Å². The standard InChI is InChI=1S/C16H20Cl2N6O2/c1-23(2)15-20-13(21-16(22-15)24(3)4)8-19-14(25)9-26-12-6-5-10(17)7-11(12)18/h5-7H,8-9H2,1-4H3,(H,19,25). The molecule has 0 saturated heterocycles. The molecule has 10 heteroatoms. The first kappa shape index (κ1) is 20.0. The van der Waals surface area contributed by atoms with Crippen LogP contribution >= 0.6 is 23.2 Å². The van der Waals surface area contributed by atoms with E-state index in [1.165, 1.54) is 0 Å². The van der Waals surface area contributed by atoms with Gasteiger partial charge in [-0.15, -0.1) is 0 Å². The molecule has 0 saturated carbocycles. The molecule has 1 aromatic carbocycles. The van der Waals surface area contributed by atoms with Gasteiger partial charge in [-0.25, -0.2) is 0 Å². The van der Waals surface area contributed by atoms with Gasteiger partial charge >= 0.3 is 0 Å². The second kappa shape index (κ2) is 8.86. The Bertz CT molecular complexity index is 759. The molecule has 1 aromatic heterocycles. The number of rotatable bonds is 7. The quantitative estimate of drug-likeness (QED) is 0.763. The van der Waals surface area contributed by atoms with E-state index < -0.39 is 0 Å². The minimum atomic E-state index is -0.325. The van der Waals surface area contributed by atoms with Crippen LogP contribution in [0.1, 0.15) is 5.82 Å². The normalized spacial score (nSPS) is 10.4. The monoisotopic (exact) mass is 398 g/mol. The number of nitrogens with one attached hydrogen (secondary N) is 1. The van der Waals surface area contributed by atoms with Gasteiger partial charge in [0.15, 0.2) is 12.4 Å². The lowest BCUT2D eigenvalue weighted by molar-refractivity contribution is -0.123. The number of benzene rings is 1. The van der Waals surface area contributed by atoms with Gasteiger partial charge in [0, 0.05) is 33.2 Å². The maximum absolute atomic E-state index is 12.0. The minimum Gasteiger partial charge on any atom is -0.482 e. The zero-order valence-corrected chi connectivity index (χ0v) is 16.5. The van der Waals surface area contributed by atoms with E-state index >= 15 is 0 Å². The lowest BCUT2D eigenvalue weighted by atomic mass is 10.3. The molecule has 1 amide bonds. The molecule has 0 aliphatic heterocycles. The number of hydrogen-bond acceptors (Lipinski definition) is 7. The molecule has 0 bridgehead atoms. The molecule has 0 unspecified atom stereocenters. The Labute approximate surface area is 162 Å². The van der Waals surface area contributed by atoms with Gasteiger partial charge in [0.1, 0.15) is 5.75 Å². The molecule has 0 radical (unpaired) electrons. The third-order valence-electron chi connectivity index (χ3n) is 3.15. The summed E-state index contributed by atoms with van der Waals surface area (Å²) in [6, 6.07) is 4.79. The van der Waals surface area contributed by atoms with Crippen LogP contribution < -0.4 is 19.9 Å². The van der Waals surface area contributed by atoms with Gasteiger partial charge in [0.25, 0.3) is 5.91 Å². The Balaban J connectivity index is 1.96. The molecule has 0 aliphatic carbocycles. The number of hydrogen-bond donors (Lipinski definition) is 1. The predicted octanol–water partition coefficient (Wildman–Crippen LogP) is 2.01. The molecule has 1 N–H and O–H groups in total. The number of aromatic nitrogens is 3. The second-order valence-electron chi connectivity index (χ2n) is 5.78. The van der Waals surface area contributed by atoms with Crippen molar-refractivity contribution in [1.29, 1.82) is 0 Å². The number of anilines is 2. The van der Waals surface area contributed by atoms with Crippen molar-refractivity contribution < 1.29 is 9.53 Å². The third-order valence-corrected chi connectivity index (χ3v) is 3.68. The Morgan fingerprint density at radius 3 is 2.23 bits per heavy atom. The van der Waals surface area contributed by atoms with Crippen molar-refractivity contribution >= 4 is 41.0 Å². The minimum absolute atomic E-state index is 0.154. The van der Waals surface area contributed by atoms with Crippen LogP contribution in [0.2, 0.25) is 10.0 Å². The van der Waals surface area contributed by atoms with Crippen LogP contribution in [0, 0.1) is 0 Å². The highest BCUT2D eigenvalue weighted by Crippen LogP contribution is 2.27. The fourth-order valence-electron chi connectivity index (χ4n) is 1.84. The highest BCUT2D eigenvalue weighted by Gasteiger charge is 2.11. The first-order valence-electron chi connectivity index (χ1n) is 7.70. The zero-order chi connectivity index (χ0) is 19.3. The van der Waals surface area contributed by atoms with Gasteiger partial charge in [0.05, 0.1) is 11.6 Å². The molecule has 0 atom stereocenters. The number of carbonyl (C=O) groups excluding carboxylic acids is 1. The highest BCUT2D eigenvalue weighted by molar-refractivity contribution is 6.35. The Hall–Kier alpha value is -2.32. The van der Waals surface area contributed by atoms with Crippen molar-refractivity contribution in [1.82, 2.24) is 20.3 Å². The van der Waals surface area contributed by atoms with E-state index in [1.807, 2.05) is 28.2 Å². The van der Waals surface area contributed by atoms with Crippen LogP contribution in [-0.2, 0) is 11.3 Å². The summed E-state index contributed by atoms with van der Waals surface area (Å²) in [5, 5.41) is 3.55. The smallest absolute Gasteiger partial charge is 0.258 e. The van der Waals surface area contributed by atoms with Gasteiger partial charge in [-0.1, -0.05) is 23.2 Å². The molecule has 140 valence electrons. The molecule has 26 heavy (non-hydrogen) atoms. The summed E-state index contributed by atoms with van der Waals surface area (Å²) < 4.78 is 5.39. The van der Waals surface area contributed by atoms with Crippen LogP contribution in [0.15, 0.2) is 18.2 Å². The molecule has 0 fully saturated rings. The number of amides is 1. The lowest BCUT2D eigenvalue weighted by Gasteiger charge is -2.16. The van der Waals surface area contributed by atoms with Crippen LogP contribution in [0.5, 0.6) is 5.75 Å². The molecule has 0 aliphatic rings. The number of nitrogens with zero attached hydrogens (tertiary/aromatic N) is 5. The highest BCUT2D eigenvalue weighted by atomic mass is 35.5. The largest absolute Gasteiger partial charge is 0.482 e. The zero-order valence-electron chi connectivity index (χ0n) is 15.0. The number of halogens is 2. The molecule has 1 heterocycles. The van der Waals surface area contributed by atoms with Gasteiger partial charge in [0.2, 0.25) is 11.9 Å². The Morgan fingerprint density at radius 2 is 1.69 bits per heavy atom. The SMILES string of the molecule is CN(C)c1nc(CNC(=O)COc2ccc(Cl)cc2Cl)nc(N(C)C)n1. The first-order chi connectivity index (χ1) is 12.3. The topological polar surface area (TPSA) is 83.5 Å². The Morgan fingerprint density at radius 1 is 1.08 bits per heavy atom. The summed E-state index contributed by atoms with van der Waals surface area (Å²) in [5.41, 5.74) is 0. The van der Waals surface area contributed by atoms with Crippen molar-refractivity contribution in [3.63, 3.8) is 0 Å². The van der Waals surface area contributed by atoms with E-state index in [2.05, 4.69) is 20.3 Å². The van der Waals surface area contributed by atoms with E-state index in [0.717, 1.165) is 0 Å². The van der Waals surface area contributed by atoms with Gasteiger partial charge < -0.3 is 19.9 Å². The number of ether oxygens (including phenoxy) is 1. The summed E-state index contributed by atoms with van der Waals surface area (Å²) in [4.78, 5) is 28.5. The molecule has 2 rings (SSSR count). The molecule has 0 spiro atoms. The van der Waals surface area contributed by atoms with E-state index in [0.29, 0.717) is 33.5 Å². The van der Waals surface area contributed by atoms with Crippen molar-refractivity contribution in [3.05, 3.63) is 34.1 Å². The summed E-state index contributed by atoms with van der Waals surface area (Å²) in [6.07, 6.45) is 0. The maximum atomic E-state index is 12.0. The fourth-order valence-corrected chi connectivity index (χ4v) is 2.30. The summed E-state index contributed by atoms with van der Waals surface area (Å²) in [6.45, 7) is -0.0335. The van der Waals surface area contributed by atoms with Crippen LogP contribution in [0.4, 0.5) is 11.9 Å². The first-order valence-corrected chi connectivity index (χ1v) is 8.46. The van der Waals surface area contributed by atoms with E-state index in [9.17, 15) is 4.79 Å². The second-order valence-corrected chi connectivity index (χ2v) is 6.62. The van der Waals surface area contributed by atoms with Crippen molar-refractivity contribution in [2.45, 2.75) is 6.54 Å². The summed E-state index contributed by atoms with van der Waals surface area (Å²) in [7, 11) is 7.34. The van der Waals surface area contributed by atoms with Crippen LogP contribution in [0.25, 0.3) is 0 Å². The molecular formula is C16H20Cl2N6O2. The maximum Gasteiger partial charge on any atom is 0.258 e. The van der Waals surface area contributed by atoms with Gasteiger partial charge in [-0.05, 0) is 18.2 Å². The summed E-state index contributed by atoms with van der Waals surface area (Å²) in [5.74, 6) is 1.53. The average Bonchev–Trinajstić information content (AvgIpc) is 2.58.